The van der Waals surface area contributed by atoms with Gasteiger partial charge in [0.25, 0.3) is 0 Å². The Morgan fingerprint density at radius 2 is 2.11 bits per heavy atom. The van der Waals surface area contributed by atoms with Crippen LogP contribution < -0.4 is 26.8 Å². The van der Waals surface area contributed by atoms with Gasteiger partial charge in [0.2, 0.25) is 0 Å². The summed E-state index contributed by atoms with van der Waals surface area (Å²) in [7, 11) is 0. The summed E-state index contributed by atoms with van der Waals surface area (Å²) in [5.74, 6) is 1.53. The normalized spacial score (nSPS) is 33.2. The monoisotopic (exact) mass is 365 g/mol. The van der Waals surface area contributed by atoms with E-state index in [0.717, 1.165) is 44.0 Å². The first-order valence-corrected chi connectivity index (χ1v) is 9.90. The molecule has 7 nitrogen and oxygen atoms in total. The van der Waals surface area contributed by atoms with Crippen molar-refractivity contribution in [3.05, 3.63) is 54.0 Å². The molecule has 5 atom stereocenters. The number of hydrogen-bond acceptors (Lipinski definition) is 7. The summed E-state index contributed by atoms with van der Waals surface area (Å²) in [6, 6.07) is 11.8. The number of aromatic nitrogens is 2. The lowest BCUT2D eigenvalue weighted by Gasteiger charge is -2.34. The van der Waals surface area contributed by atoms with Crippen molar-refractivity contribution in [1.29, 1.82) is 0 Å². The highest BCUT2D eigenvalue weighted by molar-refractivity contribution is 5.41. The third-order valence-corrected chi connectivity index (χ3v) is 6.17. The van der Waals surface area contributed by atoms with Crippen molar-refractivity contribution in [2.24, 2.45) is 11.7 Å². The summed E-state index contributed by atoms with van der Waals surface area (Å²) in [4.78, 5) is 11.6. The first-order valence-electron chi connectivity index (χ1n) is 9.90. The summed E-state index contributed by atoms with van der Waals surface area (Å²) in [6.45, 7) is 2.83. The van der Waals surface area contributed by atoms with E-state index in [-0.39, 0.29) is 12.1 Å². The van der Waals surface area contributed by atoms with E-state index >= 15 is 0 Å². The Morgan fingerprint density at radius 1 is 1.15 bits per heavy atom. The molecule has 0 bridgehead atoms. The molecule has 2 aromatic heterocycles. The molecule has 0 aliphatic carbocycles. The van der Waals surface area contributed by atoms with Gasteiger partial charge in [-0.3, -0.25) is 10.4 Å². The molecule has 0 saturated carbocycles. The van der Waals surface area contributed by atoms with E-state index in [2.05, 4.69) is 50.3 Å². The average molecular weight is 365 g/mol. The number of nitrogens with two attached hydrogens (primary N) is 1. The SMILES string of the molecule is N[C@@H]1CCN(c2cccc(C3NNC4CNC(c5cccnc5)CC43)n2)C1. The van der Waals surface area contributed by atoms with Gasteiger partial charge in [-0.15, -0.1) is 0 Å². The minimum absolute atomic E-state index is 0.215. The van der Waals surface area contributed by atoms with Gasteiger partial charge >= 0.3 is 0 Å². The van der Waals surface area contributed by atoms with E-state index in [1.165, 1.54) is 5.56 Å². The van der Waals surface area contributed by atoms with Crippen LogP contribution in [0.3, 0.4) is 0 Å². The number of hydrogen-bond donors (Lipinski definition) is 4. The zero-order valence-corrected chi connectivity index (χ0v) is 15.4. The molecule has 5 N–H and O–H groups in total. The van der Waals surface area contributed by atoms with Crippen LogP contribution in [0.25, 0.3) is 0 Å². The second-order valence-electron chi connectivity index (χ2n) is 7.94. The molecule has 5 heterocycles. The van der Waals surface area contributed by atoms with E-state index in [1.807, 2.05) is 18.5 Å². The van der Waals surface area contributed by atoms with Crippen molar-refractivity contribution in [2.45, 2.75) is 37.0 Å². The lowest BCUT2D eigenvalue weighted by molar-refractivity contribution is 0.265. The molecule has 5 rings (SSSR count). The second-order valence-corrected chi connectivity index (χ2v) is 7.94. The van der Waals surface area contributed by atoms with Crippen LogP contribution in [0.4, 0.5) is 5.82 Å². The van der Waals surface area contributed by atoms with Crippen LogP contribution in [0.5, 0.6) is 0 Å². The largest absolute Gasteiger partial charge is 0.355 e. The smallest absolute Gasteiger partial charge is 0.128 e. The van der Waals surface area contributed by atoms with Crippen LogP contribution in [-0.2, 0) is 0 Å². The summed E-state index contributed by atoms with van der Waals surface area (Å²) < 4.78 is 0. The molecular weight excluding hydrogens is 338 g/mol. The number of pyridine rings is 2. The van der Waals surface area contributed by atoms with Crippen molar-refractivity contribution in [2.75, 3.05) is 24.5 Å². The van der Waals surface area contributed by atoms with Gasteiger partial charge in [0.1, 0.15) is 5.82 Å². The molecule has 0 spiro atoms. The summed E-state index contributed by atoms with van der Waals surface area (Å²) >= 11 is 0. The van der Waals surface area contributed by atoms with Crippen molar-refractivity contribution in [3.63, 3.8) is 0 Å². The predicted molar refractivity (Wildman–Crippen MR) is 105 cm³/mol. The molecule has 0 aromatic carbocycles. The maximum absolute atomic E-state index is 6.08. The topological polar surface area (TPSA) is 91.1 Å². The minimum Gasteiger partial charge on any atom is -0.355 e. The van der Waals surface area contributed by atoms with Gasteiger partial charge in [0.05, 0.1) is 11.7 Å². The van der Waals surface area contributed by atoms with Crippen molar-refractivity contribution < 1.29 is 0 Å². The van der Waals surface area contributed by atoms with Gasteiger partial charge in [0, 0.05) is 56.1 Å². The highest BCUT2D eigenvalue weighted by Crippen LogP contribution is 2.38. The maximum Gasteiger partial charge on any atom is 0.128 e. The van der Waals surface area contributed by atoms with E-state index in [1.54, 1.807) is 0 Å². The fourth-order valence-corrected chi connectivity index (χ4v) is 4.68. The van der Waals surface area contributed by atoms with Crippen LogP contribution in [0.15, 0.2) is 42.7 Å². The molecule has 27 heavy (non-hydrogen) atoms. The molecule has 0 amide bonds. The zero-order valence-electron chi connectivity index (χ0n) is 15.4. The molecule has 3 fully saturated rings. The Labute approximate surface area is 159 Å². The summed E-state index contributed by atoms with van der Waals surface area (Å²) in [5, 5.41) is 3.65. The molecule has 3 aliphatic heterocycles. The molecule has 142 valence electrons. The van der Waals surface area contributed by atoms with Crippen LogP contribution in [0, 0.1) is 5.92 Å². The molecule has 0 radical (unpaired) electrons. The second kappa shape index (κ2) is 7.16. The third kappa shape index (κ3) is 3.32. The number of hydrazine groups is 1. The van der Waals surface area contributed by atoms with Crippen molar-refractivity contribution in [1.82, 2.24) is 26.1 Å². The Morgan fingerprint density at radius 3 is 2.93 bits per heavy atom. The Hall–Kier alpha value is -2.06. The maximum atomic E-state index is 6.08. The van der Waals surface area contributed by atoms with Crippen molar-refractivity contribution >= 4 is 5.82 Å². The van der Waals surface area contributed by atoms with Crippen LogP contribution in [0.1, 0.15) is 36.2 Å². The Balaban J connectivity index is 1.36. The fourth-order valence-electron chi connectivity index (χ4n) is 4.68. The average Bonchev–Trinajstić information content (AvgIpc) is 3.34. The number of nitrogens with zero attached hydrogens (tertiary/aromatic N) is 3. The number of anilines is 1. The van der Waals surface area contributed by atoms with Crippen LogP contribution in [-0.4, -0.2) is 41.7 Å². The third-order valence-electron chi connectivity index (χ3n) is 6.17. The number of fused-ring (bicyclic) bond motifs is 1. The highest BCUT2D eigenvalue weighted by Gasteiger charge is 2.42. The van der Waals surface area contributed by atoms with Gasteiger partial charge in [-0.25, -0.2) is 10.4 Å². The Kier molecular flexibility index (Phi) is 4.53. The highest BCUT2D eigenvalue weighted by atomic mass is 15.4. The predicted octanol–water partition coefficient (Wildman–Crippen LogP) is 0.882. The van der Waals surface area contributed by atoms with Gasteiger partial charge < -0.3 is 16.0 Å². The minimum atomic E-state index is 0.215. The van der Waals surface area contributed by atoms with E-state index in [0.29, 0.717) is 18.0 Å². The molecule has 7 heteroatoms. The van der Waals surface area contributed by atoms with Gasteiger partial charge in [0.15, 0.2) is 0 Å². The fraction of sp³-hybridized carbons (Fsp3) is 0.500. The summed E-state index contributed by atoms with van der Waals surface area (Å²) in [6.07, 6.45) is 5.90. The van der Waals surface area contributed by atoms with Gasteiger partial charge in [-0.2, -0.15) is 0 Å². The quantitative estimate of drug-likeness (QED) is 0.642. The molecule has 4 unspecified atom stereocenters. The lowest BCUT2D eigenvalue weighted by atomic mass is 9.81. The summed E-state index contributed by atoms with van der Waals surface area (Å²) in [5.41, 5.74) is 15.4. The van der Waals surface area contributed by atoms with E-state index < -0.39 is 0 Å². The Bertz CT molecular complexity index is 783. The van der Waals surface area contributed by atoms with Gasteiger partial charge in [-0.05, 0) is 36.6 Å². The van der Waals surface area contributed by atoms with Crippen molar-refractivity contribution in [3.8, 4) is 0 Å². The van der Waals surface area contributed by atoms with Gasteiger partial charge in [-0.1, -0.05) is 12.1 Å². The zero-order chi connectivity index (χ0) is 18.2. The van der Waals surface area contributed by atoms with Crippen LogP contribution >= 0.6 is 0 Å². The molecule has 2 aromatic rings. The standard InChI is InChI=1S/C20H27N7/c21-14-6-8-27(12-14)19-5-1-4-16(24-19)20-15-9-17(13-3-2-7-22-10-13)23-11-18(15)25-26-20/h1-5,7,10,14-15,17-18,20,23,25-26H,6,8-9,11-12,21H2/t14-,15?,17?,18?,20?/m1/s1. The number of piperidine rings is 1. The van der Waals surface area contributed by atoms with E-state index in [4.69, 9.17) is 10.7 Å². The first kappa shape index (κ1) is 17.1. The lowest BCUT2D eigenvalue weighted by Crippen LogP contribution is -2.46. The first-order chi connectivity index (χ1) is 13.3. The molecule has 3 saturated heterocycles. The molecular formula is C20H27N7. The molecule has 3 aliphatic rings. The van der Waals surface area contributed by atoms with E-state index in [9.17, 15) is 0 Å². The number of nitrogens with one attached hydrogen (secondary N) is 3. The number of rotatable bonds is 3. The van der Waals surface area contributed by atoms with Crippen LogP contribution in [0.2, 0.25) is 0 Å².